The Hall–Kier alpha value is -3.16. The van der Waals surface area contributed by atoms with E-state index in [-0.39, 0.29) is 29.1 Å². The van der Waals surface area contributed by atoms with Crippen LogP contribution in [0, 0.1) is 5.82 Å². The van der Waals surface area contributed by atoms with Crippen LogP contribution in [0.3, 0.4) is 0 Å². The van der Waals surface area contributed by atoms with E-state index in [4.69, 9.17) is 14.4 Å². The highest BCUT2D eigenvalue weighted by Gasteiger charge is 2.20. The summed E-state index contributed by atoms with van der Waals surface area (Å²) in [5.41, 5.74) is 1.54. The molecule has 3 heterocycles. The fourth-order valence-corrected chi connectivity index (χ4v) is 3.71. The Bertz CT molecular complexity index is 1370. The first kappa shape index (κ1) is 21.1. The van der Waals surface area contributed by atoms with Crippen LogP contribution < -0.4 is 9.88 Å². The summed E-state index contributed by atoms with van der Waals surface area (Å²) >= 11 is 3.20. The van der Waals surface area contributed by atoms with E-state index in [0.29, 0.717) is 21.3 Å². The molecule has 13 heteroatoms. The van der Waals surface area contributed by atoms with Crippen LogP contribution in [0.5, 0.6) is 5.88 Å². The molecule has 0 spiro atoms. The summed E-state index contributed by atoms with van der Waals surface area (Å²) < 4.78 is 49.3. The van der Waals surface area contributed by atoms with Gasteiger partial charge in [0, 0.05) is 12.6 Å². The zero-order valence-electron chi connectivity index (χ0n) is 15.9. The summed E-state index contributed by atoms with van der Waals surface area (Å²) in [6.07, 6.45) is 2.58. The van der Waals surface area contributed by atoms with E-state index in [9.17, 15) is 12.8 Å². The summed E-state index contributed by atoms with van der Waals surface area (Å²) in [4.78, 5) is 8.17. The van der Waals surface area contributed by atoms with E-state index in [2.05, 4.69) is 36.2 Å². The predicted molar refractivity (Wildman–Crippen MR) is 110 cm³/mol. The first-order valence-corrected chi connectivity index (χ1v) is 11.0. The van der Waals surface area contributed by atoms with Crippen LogP contribution in [0.2, 0.25) is 0 Å². The van der Waals surface area contributed by atoms with E-state index in [1.165, 1.54) is 30.5 Å². The smallest absolute Gasteiger partial charge is 0.261 e. The fraction of sp³-hybridized carbons (Fsp3) is 0.111. The van der Waals surface area contributed by atoms with Gasteiger partial charge in [-0.15, -0.1) is 0 Å². The van der Waals surface area contributed by atoms with Gasteiger partial charge in [0.25, 0.3) is 5.89 Å². The third-order valence-corrected chi connectivity index (χ3v) is 5.74. The molecule has 0 aliphatic heterocycles. The number of pyridine rings is 1. The van der Waals surface area contributed by atoms with Crippen LogP contribution in [0.25, 0.3) is 22.8 Å². The summed E-state index contributed by atoms with van der Waals surface area (Å²) in [5.74, 6) is 0.0536. The highest BCUT2D eigenvalue weighted by atomic mass is 79.9. The number of aromatic nitrogens is 5. The Balaban J connectivity index is 1.62. The Labute approximate surface area is 184 Å². The Kier molecular flexibility index (Phi) is 5.56. The van der Waals surface area contributed by atoms with Crippen molar-refractivity contribution in [2.24, 2.45) is 12.2 Å². The molecule has 2 N–H and O–H groups in total. The standard InChI is InChI=1S/C18H14BrFN6O4S/c1-26-15(9-29-18-14(19)6-11(20)7-22-18)13(8-23-26)17-24-16(25-30-17)10-3-2-4-12(5-10)31(21,27)28/h2-8H,9H2,1H3,(H2,21,27,28). The van der Waals surface area contributed by atoms with Crippen LogP contribution >= 0.6 is 15.9 Å². The number of ether oxygens (including phenoxy) is 1. The molecule has 0 fully saturated rings. The maximum absolute atomic E-state index is 13.2. The normalized spacial score (nSPS) is 11.6. The summed E-state index contributed by atoms with van der Waals surface area (Å²) in [5, 5.41) is 13.3. The van der Waals surface area contributed by atoms with Gasteiger partial charge in [0.1, 0.15) is 12.4 Å². The molecule has 160 valence electrons. The van der Waals surface area contributed by atoms with Gasteiger partial charge in [-0.05, 0) is 34.1 Å². The Morgan fingerprint density at radius 1 is 1.29 bits per heavy atom. The van der Waals surface area contributed by atoms with E-state index in [1.807, 2.05) is 0 Å². The molecule has 0 aliphatic rings. The molecule has 0 saturated heterocycles. The number of primary sulfonamides is 1. The lowest BCUT2D eigenvalue weighted by Crippen LogP contribution is -2.11. The second-order valence-electron chi connectivity index (χ2n) is 6.35. The summed E-state index contributed by atoms with van der Waals surface area (Å²) in [6.45, 7) is 0.0433. The van der Waals surface area contributed by atoms with Crippen LogP contribution in [0.4, 0.5) is 4.39 Å². The van der Waals surface area contributed by atoms with Crippen molar-refractivity contribution in [3.05, 3.63) is 58.7 Å². The van der Waals surface area contributed by atoms with Gasteiger partial charge in [0.05, 0.1) is 33.0 Å². The van der Waals surface area contributed by atoms with Gasteiger partial charge in [0.2, 0.25) is 21.7 Å². The zero-order valence-corrected chi connectivity index (χ0v) is 18.3. The molecule has 0 atom stereocenters. The van der Waals surface area contributed by atoms with Crippen LogP contribution in [-0.4, -0.2) is 33.3 Å². The van der Waals surface area contributed by atoms with Crippen molar-refractivity contribution in [1.82, 2.24) is 24.9 Å². The molecule has 0 amide bonds. The van der Waals surface area contributed by atoms with E-state index < -0.39 is 15.8 Å². The molecule has 1 aromatic carbocycles. The average Bonchev–Trinajstić information content (AvgIpc) is 3.34. The predicted octanol–water partition coefficient (Wildman–Crippen LogP) is 2.66. The molecule has 4 rings (SSSR count). The molecule has 0 bridgehead atoms. The van der Waals surface area contributed by atoms with Gasteiger partial charge >= 0.3 is 0 Å². The maximum Gasteiger partial charge on any atom is 0.261 e. The van der Waals surface area contributed by atoms with Gasteiger partial charge in [-0.25, -0.2) is 22.9 Å². The highest BCUT2D eigenvalue weighted by molar-refractivity contribution is 9.10. The van der Waals surface area contributed by atoms with E-state index in [1.54, 1.807) is 17.8 Å². The number of nitrogens with zero attached hydrogens (tertiary/aromatic N) is 5. The lowest BCUT2D eigenvalue weighted by atomic mass is 10.2. The van der Waals surface area contributed by atoms with Crippen molar-refractivity contribution in [2.45, 2.75) is 11.5 Å². The van der Waals surface area contributed by atoms with Crippen LogP contribution in [0.15, 0.2) is 56.6 Å². The molecule has 0 aliphatic carbocycles. The second-order valence-corrected chi connectivity index (χ2v) is 8.77. The number of aryl methyl sites for hydroxylation is 1. The van der Waals surface area contributed by atoms with Crippen molar-refractivity contribution < 1.29 is 22.1 Å². The number of rotatable bonds is 6. The van der Waals surface area contributed by atoms with E-state index in [0.717, 1.165) is 6.20 Å². The van der Waals surface area contributed by atoms with Gasteiger partial charge in [-0.2, -0.15) is 10.1 Å². The molecular weight excluding hydrogens is 495 g/mol. The topological polar surface area (TPSA) is 139 Å². The fourth-order valence-electron chi connectivity index (χ4n) is 2.72. The quantitative estimate of drug-likeness (QED) is 0.419. The Morgan fingerprint density at radius 2 is 2.10 bits per heavy atom. The van der Waals surface area contributed by atoms with Gasteiger partial charge < -0.3 is 9.26 Å². The summed E-state index contributed by atoms with van der Waals surface area (Å²) in [6, 6.07) is 7.13. The SMILES string of the molecule is Cn1ncc(-c2nc(-c3cccc(S(N)(=O)=O)c3)no2)c1COc1ncc(F)cc1Br. The minimum absolute atomic E-state index is 0.0433. The lowest BCUT2D eigenvalue weighted by Gasteiger charge is -2.08. The number of hydrogen-bond donors (Lipinski definition) is 1. The van der Waals surface area contributed by atoms with Gasteiger partial charge in [-0.3, -0.25) is 4.68 Å². The van der Waals surface area contributed by atoms with Gasteiger partial charge in [0.15, 0.2) is 0 Å². The van der Waals surface area contributed by atoms with Crippen molar-refractivity contribution in [1.29, 1.82) is 0 Å². The minimum atomic E-state index is -3.87. The monoisotopic (exact) mass is 508 g/mol. The number of halogens is 2. The molecule has 31 heavy (non-hydrogen) atoms. The number of nitrogens with two attached hydrogens (primary N) is 1. The molecular formula is C18H14BrFN6O4S. The Morgan fingerprint density at radius 3 is 2.84 bits per heavy atom. The van der Waals surface area contributed by atoms with Crippen LogP contribution in [0.1, 0.15) is 5.69 Å². The largest absolute Gasteiger partial charge is 0.470 e. The number of sulfonamides is 1. The van der Waals surface area contributed by atoms with Crippen molar-refractivity contribution in [3.63, 3.8) is 0 Å². The first-order valence-electron chi connectivity index (χ1n) is 8.64. The number of benzene rings is 1. The molecule has 4 aromatic rings. The average molecular weight is 509 g/mol. The third kappa shape index (κ3) is 4.47. The molecule has 0 saturated carbocycles. The third-order valence-electron chi connectivity index (χ3n) is 4.26. The molecule has 0 unspecified atom stereocenters. The minimum Gasteiger partial charge on any atom is -0.470 e. The van der Waals surface area contributed by atoms with Crippen LogP contribution in [-0.2, 0) is 23.7 Å². The molecule has 3 aromatic heterocycles. The maximum atomic E-state index is 13.2. The number of hydrogen-bond acceptors (Lipinski definition) is 8. The zero-order chi connectivity index (χ0) is 22.2. The second kappa shape index (κ2) is 8.17. The van der Waals surface area contributed by atoms with Crippen molar-refractivity contribution in [3.8, 4) is 28.7 Å². The van der Waals surface area contributed by atoms with Crippen molar-refractivity contribution >= 4 is 26.0 Å². The molecule has 0 radical (unpaired) electrons. The molecule has 10 nitrogen and oxygen atoms in total. The van der Waals surface area contributed by atoms with Gasteiger partial charge in [-0.1, -0.05) is 17.3 Å². The summed E-state index contributed by atoms with van der Waals surface area (Å²) in [7, 11) is -2.16. The van der Waals surface area contributed by atoms with Crippen molar-refractivity contribution in [2.75, 3.05) is 0 Å². The highest BCUT2D eigenvalue weighted by Crippen LogP contribution is 2.28. The first-order chi connectivity index (χ1) is 14.7. The lowest BCUT2D eigenvalue weighted by molar-refractivity contribution is 0.280. The van der Waals surface area contributed by atoms with E-state index >= 15 is 0 Å².